The lowest BCUT2D eigenvalue weighted by Crippen LogP contribution is -2.09. The molecule has 0 unspecified atom stereocenters. The van der Waals surface area contributed by atoms with Crippen molar-refractivity contribution in [2.45, 2.75) is 33.1 Å². The van der Waals surface area contributed by atoms with E-state index in [1.807, 2.05) is 6.07 Å². The van der Waals surface area contributed by atoms with Gasteiger partial charge in [0.1, 0.15) is 5.75 Å². The maximum Gasteiger partial charge on any atom is 0.119 e. The van der Waals surface area contributed by atoms with Crippen molar-refractivity contribution in [3.63, 3.8) is 0 Å². The zero-order chi connectivity index (χ0) is 12.0. The molecule has 0 aliphatic heterocycles. The molecule has 88 valence electrons. The highest BCUT2D eigenvalue weighted by atomic mass is 32.1. The zero-order valence-electron chi connectivity index (χ0n) is 9.95. The van der Waals surface area contributed by atoms with Crippen molar-refractivity contribution in [1.82, 2.24) is 0 Å². The fourth-order valence-corrected chi connectivity index (χ4v) is 1.62. The maximum absolute atomic E-state index is 5.57. The van der Waals surface area contributed by atoms with Gasteiger partial charge in [-0.05, 0) is 43.0 Å². The Labute approximate surface area is 103 Å². The molecule has 0 spiro atoms. The quantitative estimate of drug-likeness (QED) is 0.772. The second kappa shape index (κ2) is 6.48. The molecule has 2 N–H and O–H groups in total. The second-order valence-electron chi connectivity index (χ2n) is 3.90. The van der Waals surface area contributed by atoms with Gasteiger partial charge in [-0.2, -0.15) is 0 Å². The van der Waals surface area contributed by atoms with Crippen molar-refractivity contribution in [3.05, 3.63) is 29.3 Å². The van der Waals surface area contributed by atoms with E-state index < -0.39 is 0 Å². The van der Waals surface area contributed by atoms with Gasteiger partial charge in [0, 0.05) is 6.42 Å². The highest BCUT2D eigenvalue weighted by molar-refractivity contribution is 7.80. The summed E-state index contributed by atoms with van der Waals surface area (Å²) < 4.78 is 5.57. The number of rotatable bonds is 6. The van der Waals surface area contributed by atoms with Gasteiger partial charge in [0.25, 0.3) is 0 Å². The molecule has 1 aromatic carbocycles. The molecule has 0 radical (unpaired) electrons. The van der Waals surface area contributed by atoms with Crippen LogP contribution in [0.4, 0.5) is 0 Å². The van der Waals surface area contributed by atoms with Crippen molar-refractivity contribution in [3.8, 4) is 5.75 Å². The predicted octanol–water partition coefficient (Wildman–Crippen LogP) is 3.00. The number of ether oxygens (including phenoxy) is 1. The number of hydrogen-bond acceptors (Lipinski definition) is 2. The van der Waals surface area contributed by atoms with E-state index in [2.05, 4.69) is 26.0 Å². The molecule has 0 saturated heterocycles. The Kier molecular flexibility index (Phi) is 5.26. The van der Waals surface area contributed by atoms with E-state index in [9.17, 15) is 0 Å². The Morgan fingerprint density at radius 3 is 2.75 bits per heavy atom. The van der Waals surface area contributed by atoms with Gasteiger partial charge < -0.3 is 10.5 Å². The van der Waals surface area contributed by atoms with Gasteiger partial charge in [0.2, 0.25) is 0 Å². The minimum Gasteiger partial charge on any atom is -0.494 e. The summed E-state index contributed by atoms with van der Waals surface area (Å²) in [5.74, 6) is 0.943. The Morgan fingerprint density at radius 2 is 2.19 bits per heavy atom. The van der Waals surface area contributed by atoms with Crippen molar-refractivity contribution >= 4 is 17.2 Å². The SMILES string of the molecule is CCCOc1ccc(CCC(N)=S)c(C)c1. The molecule has 16 heavy (non-hydrogen) atoms. The van der Waals surface area contributed by atoms with Crippen molar-refractivity contribution in [2.75, 3.05) is 6.61 Å². The monoisotopic (exact) mass is 237 g/mol. The van der Waals surface area contributed by atoms with Gasteiger partial charge in [-0.3, -0.25) is 0 Å². The first-order valence-electron chi connectivity index (χ1n) is 5.64. The third-order valence-electron chi connectivity index (χ3n) is 2.43. The van der Waals surface area contributed by atoms with Crippen LogP contribution in [-0.4, -0.2) is 11.6 Å². The van der Waals surface area contributed by atoms with Gasteiger partial charge in [0.15, 0.2) is 0 Å². The summed E-state index contributed by atoms with van der Waals surface area (Å²) in [7, 11) is 0. The molecule has 0 amide bonds. The molecule has 0 heterocycles. The topological polar surface area (TPSA) is 35.2 Å². The Hall–Kier alpha value is -1.09. The van der Waals surface area contributed by atoms with Gasteiger partial charge in [-0.25, -0.2) is 0 Å². The van der Waals surface area contributed by atoms with Crippen LogP contribution in [0, 0.1) is 6.92 Å². The second-order valence-corrected chi connectivity index (χ2v) is 4.43. The van der Waals surface area contributed by atoms with Crippen LogP contribution in [0.25, 0.3) is 0 Å². The van der Waals surface area contributed by atoms with E-state index in [1.165, 1.54) is 11.1 Å². The fraction of sp³-hybridized carbons (Fsp3) is 0.462. The van der Waals surface area contributed by atoms with Crippen molar-refractivity contribution in [1.29, 1.82) is 0 Å². The van der Waals surface area contributed by atoms with Crippen LogP contribution in [0.3, 0.4) is 0 Å². The summed E-state index contributed by atoms with van der Waals surface area (Å²) in [6.45, 7) is 4.96. The van der Waals surface area contributed by atoms with Gasteiger partial charge in [-0.15, -0.1) is 0 Å². The minimum absolute atomic E-state index is 0.575. The lowest BCUT2D eigenvalue weighted by Gasteiger charge is -2.09. The zero-order valence-corrected chi connectivity index (χ0v) is 10.8. The fourth-order valence-electron chi connectivity index (χ4n) is 1.52. The Morgan fingerprint density at radius 1 is 1.44 bits per heavy atom. The van der Waals surface area contributed by atoms with Gasteiger partial charge in [-0.1, -0.05) is 25.2 Å². The molecule has 1 rings (SSSR count). The first-order valence-corrected chi connectivity index (χ1v) is 6.05. The number of benzene rings is 1. The van der Waals surface area contributed by atoms with Crippen LogP contribution < -0.4 is 10.5 Å². The first-order chi connectivity index (χ1) is 7.63. The first kappa shape index (κ1) is 13.0. The van der Waals surface area contributed by atoms with Crippen molar-refractivity contribution < 1.29 is 4.74 Å². The molecule has 0 atom stereocenters. The van der Waals surface area contributed by atoms with E-state index in [4.69, 9.17) is 22.7 Å². The minimum atomic E-state index is 0.575. The predicted molar refractivity (Wildman–Crippen MR) is 72.1 cm³/mol. The number of thiocarbonyl (C=S) groups is 1. The molecule has 0 aliphatic rings. The van der Waals surface area contributed by atoms with Crippen LogP contribution in [0.5, 0.6) is 5.75 Å². The third-order valence-corrected chi connectivity index (χ3v) is 2.63. The molecule has 0 saturated carbocycles. The highest BCUT2D eigenvalue weighted by Crippen LogP contribution is 2.18. The summed E-state index contributed by atoms with van der Waals surface area (Å²) in [6.07, 6.45) is 2.71. The Balaban J connectivity index is 2.63. The van der Waals surface area contributed by atoms with Crippen LogP contribution in [0.15, 0.2) is 18.2 Å². The summed E-state index contributed by atoms with van der Waals surface area (Å²) >= 11 is 4.87. The molecular formula is C13H19NOS. The molecule has 0 aromatic heterocycles. The lowest BCUT2D eigenvalue weighted by molar-refractivity contribution is 0.317. The van der Waals surface area contributed by atoms with Gasteiger partial charge >= 0.3 is 0 Å². The average Bonchev–Trinajstić information content (AvgIpc) is 2.24. The summed E-state index contributed by atoms with van der Waals surface area (Å²) in [6, 6.07) is 6.18. The number of hydrogen-bond donors (Lipinski definition) is 1. The third kappa shape index (κ3) is 4.19. The van der Waals surface area contributed by atoms with Crippen LogP contribution in [0.2, 0.25) is 0 Å². The molecule has 0 bridgehead atoms. The van der Waals surface area contributed by atoms with Crippen LogP contribution in [0.1, 0.15) is 30.9 Å². The number of nitrogens with two attached hydrogens (primary N) is 1. The van der Waals surface area contributed by atoms with E-state index in [1.54, 1.807) is 0 Å². The lowest BCUT2D eigenvalue weighted by atomic mass is 10.0. The van der Waals surface area contributed by atoms with E-state index >= 15 is 0 Å². The normalized spacial score (nSPS) is 10.1. The summed E-state index contributed by atoms with van der Waals surface area (Å²) in [5, 5.41) is 0. The standard InChI is InChI=1S/C13H19NOS/c1-3-8-15-12-6-4-11(10(2)9-12)5-7-13(14)16/h4,6,9H,3,5,7-8H2,1-2H3,(H2,14,16). The molecule has 2 nitrogen and oxygen atoms in total. The maximum atomic E-state index is 5.57. The van der Waals surface area contributed by atoms with Crippen LogP contribution in [-0.2, 0) is 6.42 Å². The van der Waals surface area contributed by atoms with E-state index in [0.29, 0.717) is 4.99 Å². The smallest absolute Gasteiger partial charge is 0.119 e. The number of aryl methyl sites for hydroxylation is 2. The average molecular weight is 237 g/mol. The summed E-state index contributed by atoms with van der Waals surface area (Å²) in [5.41, 5.74) is 8.02. The van der Waals surface area contributed by atoms with Gasteiger partial charge in [0.05, 0.1) is 11.6 Å². The largest absolute Gasteiger partial charge is 0.494 e. The molecular weight excluding hydrogens is 218 g/mol. The van der Waals surface area contributed by atoms with E-state index in [0.717, 1.165) is 31.6 Å². The molecule has 0 aliphatic carbocycles. The highest BCUT2D eigenvalue weighted by Gasteiger charge is 2.01. The molecule has 3 heteroatoms. The summed E-state index contributed by atoms with van der Waals surface area (Å²) in [4.78, 5) is 0.575. The molecule has 0 fully saturated rings. The van der Waals surface area contributed by atoms with Crippen molar-refractivity contribution in [2.24, 2.45) is 5.73 Å². The van der Waals surface area contributed by atoms with E-state index in [-0.39, 0.29) is 0 Å². The van der Waals surface area contributed by atoms with Crippen LogP contribution >= 0.6 is 12.2 Å². The molecule has 1 aromatic rings. The Bertz CT molecular complexity index is 363.